The van der Waals surface area contributed by atoms with Crippen LogP contribution in [0, 0.1) is 0 Å². The number of nitrogens with zero attached hydrogens (tertiary/aromatic N) is 1. The van der Waals surface area contributed by atoms with Crippen molar-refractivity contribution in [1.29, 1.82) is 0 Å². The van der Waals surface area contributed by atoms with Crippen LogP contribution in [0.25, 0.3) is 0 Å². The standard InChI is InChI=1S/C14H21N3O3/c18-12(16-9-3-4-9)2-1-7-15-11-8-13(19)17(14(11)20)10-5-6-10/h9-11,15H,1-8H2,(H,16,18). The number of carbonyl (C=O) groups is 3. The van der Waals surface area contributed by atoms with Gasteiger partial charge >= 0.3 is 0 Å². The molecule has 6 heteroatoms. The molecule has 20 heavy (non-hydrogen) atoms. The topological polar surface area (TPSA) is 78.5 Å². The first-order valence-corrected chi connectivity index (χ1v) is 7.54. The minimum Gasteiger partial charge on any atom is -0.353 e. The second kappa shape index (κ2) is 5.52. The Morgan fingerprint density at radius 2 is 1.95 bits per heavy atom. The molecule has 1 atom stereocenters. The molecular weight excluding hydrogens is 258 g/mol. The highest BCUT2D eigenvalue weighted by Gasteiger charge is 2.45. The second-order valence-electron chi connectivity index (χ2n) is 5.99. The lowest BCUT2D eigenvalue weighted by atomic mass is 10.2. The van der Waals surface area contributed by atoms with E-state index in [9.17, 15) is 14.4 Å². The van der Waals surface area contributed by atoms with Gasteiger partial charge in [-0.25, -0.2) is 0 Å². The minimum atomic E-state index is -0.380. The fraction of sp³-hybridized carbons (Fsp3) is 0.786. The third kappa shape index (κ3) is 3.17. The molecule has 1 heterocycles. The summed E-state index contributed by atoms with van der Waals surface area (Å²) < 4.78 is 0. The third-order valence-corrected chi connectivity index (χ3v) is 4.01. The molecule has 3 fully saturated rings. The van der Waals surface area contributed by atoms with Crippen LogP contribution in [0.15, 0.2) is 0 Å². The van der Waals surface area contributed by atoms with E-state index in [4.69, 9.17) is 0 Å². The van der Waals surface area contributed by atoms with Gasteiger partial charge in [0.1, 0.15) is 0 Å². The van der Waals surface area contributed by atoms with Gasteiger partial charge in [-0.05, 0) is 38.6 Å². The summed E-state index contributed by atoms with van der Waals surface area (Å²) in [6, 6.07) is 0.178. The lowest BCUT2D eigenvalue weighted by Crippen LogP contribution is -2.40. The molecule has 0 aromatic rings. The summed E-state index contributed by atoms with van der Waals surface area (Å²) >= 11 is 0. The second-order valence-corrected chi connectivity index (χ2v) is 5.99. The smallest absolute Gasteiger partial charge is 0.247 e. The quantitative estimate of drug-likeness (QED) is 0.505. The van der Waals surface area contributed by atoms with Crippen molar-refractivity contribution in [2.75, 3.05) is 6.54 Å². The first-order chi connectivity index (χ1) is 9.65. The van der Waals surface area contributed by atoms with Gasteiger partial charge in [-0.2, -0.15) is 0 Å². The Labute approximate surface area is 118 Å². The van der Waals surface area contributed by atoms with Crippen molar-refractivity contribution < 1.29 is 14.4 Å². The monoisotopic (exact) mass is 279 g/mol. The van der Waals surface area contributed by atoms with E-state index in [1.807, 2.05) is 0 Å². The van der Waals surface area contributed by atoms with Crippen molar-refractivity contribution in [3.63, 3.8) is 0 Å². The molecule has 1 saturated heterocycles. The van der Waals surface area contributed by atoms with Crippen molar-refractivity contribution in [3.8, 4) is 0 Å². The number of imide groups is 1. The van der Waals surface area contributed by atoms with E-state index in [2.05, 4.69) is 10.6 Å². The predicted octanol–water partition coefficient (Wildman–Crippen LogP) is -0.0753. The minimum absolute atomic E-state index is 0.0542. The van der Waals surface area contributed by atoms with Crippen LogP contribution in [0.3, 0.4) is 0 Å². The first-order valence-electron chi connectivity index (χ1n) is 7.54. The van der Waals surface area contributed by atoms with E-state index >= 15 is 0 Å². The van der Waals surface area contributed by atoms with Gasteiger partial charge in [0.15, 0.2) is 0 Å². The van der Waals surface area contributed by atoms with Crippen LogP contribution in [-0.4, -0.2) is 47.3 Å². The average molecular weight is 279 g/mol. The van der Waals surface area contributed by atoms with Crippen LogP contribution < -0.4 is 10.6 Å². The summed E-state index contributed by atoms with van der Waals surface area (Å²) in [5, 5.41) is 6.04. The highest BCUT2D eigenvalue weighted by atomic mass is 16.2. The fourth-order valence-corrected chi connectivity index (χ4v) is 2.58. The number of rotatable bonds is 7. The van der Waals surface area contributed by atoms with Crippen molar-refractivity contribution >= 4 is 17.7 Å². The molecule has 3 rings (SSSR count). The SMILES string of the molecule is O=C(CCCNC1CC(=O)N(C2CC2)C1=O)NC1CC1. The summed E-state index contributed by atoms with van der Waals surface area (Å²) in [7, 11) is 0. The molecule has 0 bridgehead atoms. The van der Waals surface area contributed by atoms with E-state index in [1.54, 1.807) is 0 Å². The highest BCUT2D eigenvalue weighted by molar-refractivity contribution is 6.06. The zero-order valence-corrected chi connectivity index (χ0v) is 11.6. The van der Waals surface area contributed by atoms with E-state index in [-0.39, 0.29) is 36.2 Å². The third-order valence-electron chi connectivity index (χ3n) is 4.01. The van der Waals surface area contributed by atoms with Crippen molar-refractivity contribution in [2.24, 2.45) is 0 Å². The Morgan fingerprint density at radius 3 is 2.60 bits per heavy atom. The Morgan fingerprint density at radius 1 is 1.20 bits per heavy atom. The number of nitrogens with one attached hydrogen (secondary N) is 2. The van der Waals surface area contributed by atoms with Gasteiger partial charge in [0.2, 0.25) is 17.7 Å². The lowest BCUT2D eigenvalue weighted by Gasteiger charge is -2.14. The van der Waals surface area contributed by atoms with Crippen molar-refractivity contribution in [1.82, 2.24) is 15.5 Å². The number of carbonyl (C=O) groups excluding carboxylic acids is 3. The largest absolute Gasteiger partial charge is 0.353 e. The van der Waals surface area contributed by atoms with Crippen LogP contribution in [0.5, 0.6) is 0 Å². The molecule has 2 N–H and O–H groups in total. The first kappa shape index (κ1) is 13.5. The predicted molar refractivity (Wildman–Crippen MR) is 71.7 cm³/mol. The summed E-state index contributed by atoms with van der Waals surface area (Å²) in [5.41, 5.74) is 0. The number of hydrogen-bond donors (Lipinski definition) is 2. The van der Waals surface area contributed by atoms with Gasteiger partial charge in [0.05, 0.1) is 12.5 Å². The molecular formula is C14H21N3O3. The summed E-state index contributed by atoms with van der Waals surface area (Å²) in [6.07, 6.45) is 5.53. The zero-order valence-electron chi connectivity index (χ0n) is 11.6. The van der Waals surface area contributed by atoms with Crippen molar-refractivity contribution in [2.45, 2.75) is 63.1 Å². The van der Waals surface area contributed by atoms with Gasteiger partial charge < -0.3 is 10.6 Å². The summed E-state index contributed by atoms with van der Waals surface area (Å²) in [5.74, 6) is -0.0517. The molecule has 1 unspecified atom stereocenters. The molecule has 110 valence electrons. The lowest BCUT2D eigenvalue weighted by molar-refractivity contribution is -0.139. The van der Waals surface area contributed by atoms with E-state index < -0.39 is 0 Å². The maximum absolute atomic E-state index is 12.0. The molecule has 2 saturated carbocycles. The molecule has 6 nitrogen and oxygen atoms in total. The van der Waals surface area contributed by atoms with E-state index in [0.29, 0.717) is 25.4 Å². The number of hydrogen-bond acceptors (Lipinski definition) is 4. The van der Waals surface area contributed by atoms with Crippen LogP contribution >= 0.6 is 0 Å². The Bertz CT molecular complexity index is 429. The molecule has 3 amide bonds. The maximum Gasteiger partial charge on any atom is 0.247 e. The molecule has 2 aliphatic carbocycles. The van der Waals surface area contributed by atoms with E-state index in [1.165, 1.54) is 4.90 Å². The summed E-state index contributed by atoms with van der Waals surface area (Å²) in [4.78, 5) is 36.7. The fourth-order valence-electron chi connectivity index (χ4n) is 2.58. The highest BCUT2D eigenvalue weighted by Crippen LogP contribution is 2.31. The van der Waals surface area contributed by atoms with Crippen molar-refractivity contribution in [3.05, 3.63) is 0 Å². The molecule has 0 aromatic carbocycles. The normalized spacial score (nSPS) is 26.2. The molecule has 0 aromatic heterocycles. The van der Waals surface area contributed by atoms with Crippen LogP contribution in [0.4, 0.5) is 0 Å². The van der Waals surface area contributed by atoms with E-state index in [0.717, 1.165) is 25.7 Å². The molecule has 3 aliphatic rings. The maximum atomic E-state index is 12.0. The van der Waals surface area contributed by atoms with Gasteiger partial charge in [-0.15, -0.1) is 0 Å². The molecule has 0 radical (unpaired) electrons. The van der Waals surface area contributed by atoms with Gasteiger partial charge in [0, 0.05) is 18.5 Å². The zero-order chi connectivity index (χ0) is 14.1. The Hall–Kier alpha value is -1.43. The molecule has 1 aliphatic heterocycles. The van der Waals surface area contributed by atoms with Gasteiger partial charge in [-0.1, -0.05) is 0 Å². The number of likely N-dealkylation sites (tertiary alicyclic amines) is 1. The van der Waals surface area contributed by atoms with Gasteiger partial charge in [-0.3, -0.25) is 19.3 Å². The van der Waals surface area contributed by atoms with Crippen LogP contribution in [-0.2, 0) is 14.4 Å². The van der Waals surface area contributed by atoms with Crippen LogP contribution in [0.2, 0.25) is 0 Å². The Kier molecular flexibility index (Phi) is 3.74. The summed E-state index contributed by atoms with van der Waals surface area (Å²) in [6.45, 7) is 0.598. The van der Waals surface area contributed by atoms with Crippen LogP contribution in [0.1, 0.15) is 44.9 Å². The Balaban J connectivity index is 1.35. The van der Waals surface area contributed by atoms with Gasteiger partial charge in [0.25, 0.3) is 0 Å². The molecule has 0 spiro atoms. The average Bonchev–Trinajstić information content (AvgIpc) is 3.28. The number of amides is 3.